The largest absolute Gasteiger partial charge is 0.477 e. The number of carbonyl (C=O) groups excluding carboxylic acids is 2. The Morgan fingerprint density at radius 1 is 1.32 bits per heavy atom. The molecule has 1 aliphatic rings. The summed E-state index contributed by atoms with van der Waals surface area (Å²) in [6.07, 6.45) is -0.362. The lowest BCUT2D eigenvalue weighted by Crippen LogP contribution is -2.50. The number of nitrogens with one attached hydrogen (secondary N) is 1. The Morgan fingerprint density at radius 3 is 2.86 bits per heavy atom. The maximum absolute atomic E-state index is 12.6. The summed E-state index contributed by atoms with van der Waals surface area (Å²) in [5.41, 5.74) is 0.712. The Labute approximate surface area is 132 Å². The van der Waals surface area contributed by atoms with E-state index in [0.29, 0.717) is 17.9 Å². The smallest absolute Gasteiger partial charge is 0.262 e. The number of para-hydroxylation sites is 2. The van der Waals surface area contributed by atoms with Gasteiger partial charge >= 0.3 is 0 Å². The molecule has 0 aliphatic carbocycles. The number of hydrogen-bond acceptors (Lipinski definition) is 4. The Bertz CT molecular complexity index is 684. The summed E-state index contributed by atoms with van der Waals surface area (Å²) in [5.74, 6) is 0.289. The standard InChI is InChI=1S/C16H16N2O3S/c1-17-16(20)14-10-18(12-6-2-3-7-13(12)21-14)15(19)9-11-5-4-8-22-11/h2-8,14H,9-10H2,1H3,(H,17,20). The van der Waals surface area contributed by atoms with Crippen molar-refractivity contribution in [3.63, 3.8) is 0 Å². The van der Waals surface area contributed by atoms with Gasteiger partial charge in [0, 0.05) is 11.9 Å². The highest BCUT2D eigenvalue weighted by Gasteiger charge is 2.33. The minimum absolute atomic E-state index is 0.0351. The number of likely N-dealkylation sites (N-methyl/N-ethyl adjacent to an activating group) is 1. The summed E-state index contributed by atoms with van der Waals surface area (Å²) in [7, 11) is 1.56. The zero-order valence-corrected chi connectivity index (χ0v) is 12.9. The van der Waals surface area contributed by atoms with Crippen LogP contribution in [0.15, 0.2) is 41.8 Å². The summed E-state index contributed by atoms with van der Waals surface area (Å²) in [6.45, 7) is 0.223. The van der Waals surface area contributed by atoms with Crippen molar-refractivity contribution in [3.05, 3.63) is 46.7 Å². The van der Waals surface area contributed by atoms with Crippen molar-refractivity contribution in [1.82, 2.24) is 5.32 Å². The average Bonchev–Trinajstić information content (AvgIpc) is 3.05. The van der Waals surface area contributed by atoms with Crippen LogP contribution in [0.4, 0.5) is 5.69 Å². The van der Waals surface area contributed by atoms with Gasteiger partial charge in [0.25, 0.3) is 5.91 Å². The maximum Gasteiger partial charge on any atom is 0.262 e. The highest BCUT2D eigenvalue weighted by Crippen LogP contribution is 2.33. The molecule has 1 N–H and O–H groups in total. The predicted octanol–water partition coefficient (Wildman–Crippen LogP) is 1.83. The fourth-order valence-corrected chi connectivity index (χ4v) is 3.12. The van der Waals surface area contributed by atoms with Crippen molar-refractivity contribution >= 4 is 28.8 Å². The minimum atomic E-state index is -0.688. The molecule has 1 aliphatic heterocycles. The second kappa shape index (κ2) is 6.19. The molecule has 0 saturated carbocycles. The van der Waals surface area contributed by atoms with Gasteiger partial charge in [-0.2, -0.15) is 0 Å². The number of fused-ring (bicyclic) bond motifs is 1. The number of nitrogens with zero attached hydrogens (tertiary/aromatic N) is 1. The van der Waals surface area contributed by atoms with Gasteiger partial charge in [-0.3, -0.25) is 9.59 Å². The summed E-state index contributed by atoms with van der Waals surface area (Å²) in [5, 5.41) is 4.52. The summed E-state index contributed by atoms with van der Waals surface area (Å²) >= 11 is 1.55. The number of anilines is 1. The Hall–Kier alpha value is -2.34. The molecule has 2 amide bonds. The molecule has 3 rings (SSSR count). The zero-order chi connectivity index (χ0) is 15.5. The van der Waals surface area contributed by atoms with E-state index in [-0.39, 0.29) is 18.4 Å². The van der Waals surface area contributed by atoms with Crippen molar-refractivity contribution < 1.29 is 14.3 Å². The molecule has 1 atom stereocenters. The molecule has 0 saturated heterocycles. The van der Waals surface area contributed by atoms with Crippen molar-refractivity contribution in [2.75, 3.05) is 18.5 Å². The lowest BCUT2D eigenvalue weighted by Gasteiger charge is -2.34. The van der Waals surface area contributed by atoms with Crippen molar-refractivity contribution in [2.45, 2.75) is 12.5 Å². The van der Waals surface area contributed by atoms with E-state index >= 15 is 0 Å². The molecule has 1 aromatic heterocycles. The van der Waals surface area contributed by atoms with E-state index in [2.05, 4.69) is 5.32 Å². The minimum Gasteiger partial charge on any atom is -0.477 e. The summed E-state index contributed by atoms with van der Waals surface area (Å²) in [6, 6.07) is 11.2. The Morgan fingerprint density at radius 2 is 2.14 bits per heavy atom. The molecule has 1 unspecified atom stereocenters. The van der Waals surface area contributed by atoms with Gasteiger partial charge in [-0.05, 0) is 23.6 Å². The van der Waals surface area contributed by atoms with E-state index in [9.17, 15) is 9.59 Å². The van der Waals surface area contributed by atoms with Crippen molar-refractivity contribution in [3.8, 4) is 5.75 Å². The van der Waals surface area contributed by atoms with Crippen molar-refractivity contribution in [1.29, 1.82) is 0 Å². The van der Waals surface area contributed by atoms with Crippen LogP contribution in [0.1, 0.15) is 4.88 Å². The average molecular weight is 316 g/mol. The molecule has 0 bridgehead atoms. The van der Waals surface area contributed by atoms with E-state index in [1.807, 2.05) is 35.7 Å². The van der Waals surface area contributed by atoms with Gasteiger partial charge in [-0.15, -0.1) is 11.3 Å². The summed E-state index contributed by atoms with van der Waals surface area (Å²) in [4.78, 5) is 27.2. The fraction of sp³-hybridized carbons (Fsp3) is 0.250. The second-order valence-corrected chi connectivity index (χ2v) is 5.98. The Kier molecular flexibility index (Phi) is 4.11. The van der Waals surface area contributed by atoms with E-state index in [4.69, 9.17) is 4.74 Å². The molecule has 0 fully saturated rings. The first-order valence-corrected chi connectivity index (χ1v) is 7.87. The molecule has 0 spiro atoms. The van der Waals surface area contributed by atoms with Crippen LogP contribution in [0.25, 0.3) is 0 Å². The lowest BCUT2D eigenvalue weighted by molar-refractivity contribution is -0.127. The van der Waals surface area contributed by atoms with Crippen LogP contribution in [0, 0.1) is 0 Å². The number of hydrogen-bond donors (Lipinski definition) is 1. The Balaban J connectivity index is 1.87. The number of amides is 2. The van der Waals surface area contributed by atoms with Crippen LogP contribution in [0.2, 0.25) is 0 Å². The molecule has 1 aromatic carbocycles. The number of rotatable bonds is 3. The van der Waals surface area contributed by atoms with Gasteiger partial charge in [0.2, 0.25) is 5.91 Å². The van der Waals surface area contributed by atoms with Gasteiger partial charge in [-0.1, -0.05) is 18.2 Å². The highest BCUT2D eigenvalue weighted by atomic mass is 32.1. The van der Waals surface area contributed by atoms with E-state index in [1.165, 1.54) is 0 Å². The van der Waals surface area contributed by atoms with Crippen LogP contribution in [-0.4, -0.2) is 31.5 Å². The second-order valence-electron chi connectivity index (χ2n) is 4.95. The quantitative estimate of drug-likeness (QED) is 0.940. The normalized spacial score (nSPS) is 16.6. The van der Waals surface area contributed by atoms with Gasteiger partial charge in [0.05, 0.1) is 18.7 Å². The van der Waals surface area contributed by atoms with Crippen LogP contribution in [0.3, 0.4) is 0 Å². The zero-order valence-electron chi connectivity index (χ0n) is 12.1. The fourth-order valence-electron chi connectivity index (χ4n) is 2.43. The molecule has 22 heavy (non-hydrogen) atoms. The van der Waals surface area contributed by atoms with Gasteiger partial charge in [-0.25, -0.2) is 0 Å². The topological polar surface area (TPSA) is 58.6 Å². The molecule has 2 aromatic rings. The number of carbonyl (C=O) groups is 2. The molecule has 6 heteroatoms. The third-order valence-electron chi connectivity index (χ3n) is 3.52. The summed E-state index contributed by atoms with van der Waals surface area (Å²) < 4.78 is 5.70. The highest BCUT2D eigenvalue weighted by molar-refractivity contribution is 7.10. The van der Waals surface area contributed by atoms with Crippen molar-refractivity contribution in [2.24, 2.45) is 0 Å². The van der Waals surface area contributed by atoms with Crippen LogP contribution in [0.5, 0.6) is 5.75 Å². The first kappa shape index (κ1) is 14.6. The first-order valence-electron chi connectivity index (χ1n) is 6.99. The molecular weight excluding hydrogens is 300 g/mol. The third-order valence-corrected chi connectivity index (χ3v) is 4.40. The third kappa shape index (κ3) is 2.82. The monoisotopic (exact) mass is 316 g/mol. The molecular formula is C16H16N2O3S. The predicted molar refractivity (Wildman–Crippen MR) is 85.3 cm³/mol. The number of ether oxygens (including phenoxy) is 1. The molecule has 114 valence electrons. The van der Waals surface area contributed by atoms with E-state index in [0.717, 1.165) is 4.88 Å². The number of thiophene rings is 1. The number of benzene rings is 1. The van der Waals surface area contributed by atoms with Gasteiger partial charge < -0.3 is 15.0 Å². The molecule has 2 heterocycles. The van der Waals surface area contributed by atoms with Crippen LogP contribution in [-0.2, 0) is 16.0 Å². The maximum atomic E-state index is 12.6. The lowest BCUT2D eigenvalue weighted by atomic mass is 10.1. The molecule has 5 nitrogen and oxygen atoms in total. The van der Waals surface area contributed by atoms with E-state index in [1.54, 1.807) is 29.4 Å². The van der Waals surface area contributed by atoms with Crippen LogP contribution >= 0.6 is 11.3 Å². The van der Waals surface area contributed by atoms with Gasteiger partial charge in [0.1, 0.15) is 5.75 Å². The van der Waals surface area contributed by atoms with E-state index < -0.39 is 6.10 Å². The van der Waals surface area contributed by atoms with Crippen LogP contribution < -0.4 is 15.0 Å². The first-order chi connectivity index (χ1) is 10.7. The SMILES string of the molecule is CNC(=O)C1CN(C(=O)Cc2cccs2)c2ccccc2O1. The van der Waals surface area contributed by atoms with Gasteiger partial charge in [0.15, 0.2) is 6.10 Å². The molecule has 0 radical (unpaired) electrons.